The zero-order valence-corrected chi connectivity index (χ0v) is 28.1. The molecule has 1 aliphatic rings. The van der Waals surface area contributed by atoms with E-state index in [2.05, 4.69) is 97.9 Å². The van der Waals surface area contributed by atoms with Gasteiger partial charge in [-0.05, 0) is 64.2 Å². The van der Waals surface area contributed by atoms with Crippen molar-refractivity contribution in [1.29, 1.82) is 0 Å². The second-order valence-electron chi connectivity index (χ2n) is 11.1. The number of carbonyl (C=O) groups excluding carboxylic acids is 2. The molecule has 0 saturated carbocycles. The minimum atomic E-state index is -0.741. The molecule has 0 heterocycles. The van der Waals surface area contributed by atoms with Crippen LogP contribution in [-0.4, -0.2) is 74.5 Å². The molecule has 10 nitrogen and oxygen atoms in total. The number of hydrogen-bond acceptors (Lipinski definition) is 10. The number of anilines is 2. The lowest BCUT2D eigenvalue weighted by Gasteiger charge is -2.44. The molecule has 1 aliphatic carbocycles. The summed E-state index contributed by atoms with van der Waals surface area (Å²) in [5, 5.41) is 28.9. The molecule has 0 aromatic heterocycles. The van der Waals surface area contributed by atoms with E-state index in [4.69, 9.17) is 0 Å². The number of ketones is 2. The molecule has 2 aromatic rings. The third-order valence-corrected chi connectivity index (χ3v) is 8.32. The Morgan fingerprint density at radius 2 is 0.864 bits per heavy atom. The third kappa shape index (κ3) is 7.17. The highest BCUT2D eigenvalue weighted by molar-refractivity contribution is 6.31. The van der Waals surface area contributed by atoms with Crippen molar-refractivity contribution >= 4 is 22.9 Å². The summed E-state index contributed by atoms with van der Waals surface area (Å²) in [6, 6.07) is 11.0. The summed E-state index contributed by atoms with van der Waals surface area (Å²) < 4.78 is 0. The van der Waals surface area contributed by atoms with Crippen molar-refractivity contribution in [3.05, 3.63) is 58.7 Å². The quantitative estimate of drug-likeness (QED) is 0.0897. The number of nitrogens with one attached hydrogen (secondary N) is 8. The number of rotatable bonds is 20. The van der Waals surface area contributed by atoms with E-state index in [0.717, 1.165) is 25.9 Å². The fourth-order valence-electron chi connectivity index (χ4n) is 6.66. The molecule has 2 atom stereocenters. The van der Waals surface area contributed by atoms with Crippen LogP contribution in [0.25, 0.3) is 0 Å². The van der Waals surface area contributed by atoms with E-state index in [1.807, 2.05) is 24.3 Å². The number of hydrogen-bond donors (Lipinski definition) is 8. The maximum Gasteiger partial charge on any atom is 0.196 e. The molecule has 0 spiro atoms. The molecule has 0 aliphatic heterocycles. The second kappa shape index (κ2) is 16.5. The first-order valence-electron chi connectivity index (χ1n) is 16.6. The van der Waals surface area contributed by atoms with Gasteiger partial charge in [0.2, 0.25) is 0 Å². The van der Waals surface area contributed by atoms with Gasteiger partial charge < -0.3 is 21.3 Å². The van der Waals surface area contributed by atoms with Crippen LogP contribution in [0.4, 0.5) is 11.4 Å². The molecule has 244 valence electrons. The molecule has 0 amide bonds. The maximum atomic E-state index is 14.4. The normalized spacial score (nSPS) is 14.6. The highest BCUT2D eigenvalue weighted by atomic mass is 16.1. The van der Waals surface area contributed by atoms with Gasteiger partial charge in [0, 0.05) is 22.5 Å². The van der Waals surface area contributed by atoms with Gasteiger partial charge in [-0.25, -0.2) is 0 Å². The highest BCUT2D eigenvalue weighted by Gasteiger charge is 2.41. The van der Waals surface area contributed by atoms with Gasteiger partial charge in [0.05, 0.1) is 23.2 Å². The van der Waals surface area contributed by atoms with Crippen LogP contribution >= 0.6 is 0 Å². The lowest BCUT2D eigenvalue weighted by molar-refractivity contribution is 0.0979. The van der Waals surface area contributed by atoms with Crippen LogP contribution in [0.2, 0.25) is 0 Å². The minimum absolute atomic E-state index is 0.00855. The van der Waals surface area contributed by atoms with Crippen LogP contribution in [0.15, 0.2) is 36.4 Å². The fourth-order valence-corrected chi connectivity index (χ4v) is 6.66. The number of carbonyl (C=O) groups is 2. The zero-order chi connectivity index (χ0) is 32.3. The summed E-state index contributed by atoms with van der Waals surface area (Å²) >= 11 is 0. The van der Waals surface area contributed by atoms with Crippen LogP contribution in [0.5, 0.6) is 0 Å². The topological polar surface area (TPSA) is 130 Å². The van der Waals surface area contributed by atoms with Gasteiger partial charge in [0.25, 0.3) is 0 Å². The minimum Gasteiger partial charge on any atom is -0.353 e. The van der Waals surface area contributed by atoms with Gasteiger partial charge in [-0.3, -0.25) is 30.9 Å². The van der Waals surface area contributed by atoms with E-state index < -0.39 is 11.6 Å². The van der Waals surface area contributed by atoms with Gasteiger partial charge >= 0.3 is 0 Å². The average molecular weight is 609 g/mol. The largest absolute Gasteiger partial charge is 0.353 e. The molecule has 8 N–H and O–H groups in total. The summed E-state index contributed by atoms with van der Waals surface area (Å²) in [5.74, 6) is -1.82. The SMILES string of the molecule is CCNC(CC)C(NCC)(NCC)Nc1cccc2c1C(=O)c1cccc(NC(NCC)(NCC)C(CC)NCC)c1C2=O. The molecular weight excluding hydrogens is 552 g/mol. The molecule has 2 aromatic carbocycles. The van der Waals surface area contributed by atoms with Gasteiger partial charge in [0.1, 0.15) is 0 Å². The predicted molar refractivity (Wildman–Crippen MR) is 183 cm³/mol. The monoisotopic (exact) mass is 608 g/mol. The summed E-state index contributed by atoms with van der Waals surface area (Å²) in [7, 11) is 0. The summed E-state index contributed by atoms with van der Waals surface area (Å²) in [4.78, 5) is 28.8. The first-order chi connectivity index (χ1) is 21.3. The van der Waals surface area contributed by atoms with Crippen molar-refractivity contribution in [2.75, 3.05) is 49.9 Å². The van der Waals surface area contributed by atoms with Crippen molar-refractivity contribution in [3.8, 4) is 0 Å². The van der Waals surface area contributed by atoms with Crippen molar-refractivity contribution < 1.29 is 9.59 Å². The molecule has 0 fully saturated rings. The van der Waals surface area contributed by atoms with Gasteiger partial charge in [-0.2, -0.15) is 0 Å². The summed E-state index contributed by atoms with van der Waals surface area (Å²) in [6.45, 7) is 21.1. The van der Waals surface area contributed by atoms with Crippen LogP contribution in [0.3, 0.4) is 0 Å². The zero-order valence-electron chi connectivity index (χ0n) is 28.1. The van der Waals surface area contributed by atoms with Gasteiger partial charge in [-0.1, -0.05) is 79.7 Å². The molecule has 0 saturated heterocycles. The van der Waals surface area contributed by atoms with Crippen molar-refractivity contribution in [1.82, 2.24) is 31.9 Å². The Morgan fingerprint density at radius 1 is 0.523 bits per heavy atom. The Bertz CT molecular complexity index is 1140. The number of fused-ring (bicyclic) bond motifs is 2. The van der Waals surface area contributed by atoms with Crippen LogP contribution in [-0.2, 0) is 0 Å². The van der Waals surface area contributed by atoms with E-state index in [-0.39, 0.29) is 23.7 Å². The Balaban J connectivity index is 2.15. The second-order valence-corrected chi connectivity index (χ2v) is 11.1. The predicted octanol–water partition coefficient (Wildman–Crippen LogP) is 3.81. The van der Waals surface area contributed by atoms with Crippen molar-refractivity contribution in [2.45, 2.75) is 91.9 Å². The summed E-state index contributed by atoms with van der Waals surface area (Å²) in [6.07, 6.45) is 1.68. The lowest BCUT2D eigenvalue weighted by Crippen LogP contribution is -2.72. The standard InChI is InChI=1S/C34H56N8O2/c1-9-27(35-11-3)33(37-13-5,38-14-6)41-25-21-17-19-23-29(25)31(43)24-20-18-22-26(30(24)32(23)44)42-34(39-15-7,40-16-8)28(10-2)36-12-4/h17-22,27-28,35-42H,9-16H2,1-8H3. The van der Waals surface area contributed by atoms with Crippen LogP contribution in [0.1, 0.15) is 100 Å². The molecular formula is C34H56N8O2. The lowest BCUT2D eigenvalue weighted by atomic mass is 9.82. The number of likely N-dealkylation sites (N-methyl/N-ethyl adjacent to an activating group) is 6. The van der Waals surface area contributed by atoms with Crippen molar-refractivity contribution in [3.63, 3.8) is 0 Å². The van der Waals surface area contributed by atoms with Gasteiger partial charge in [-0.15, -0.1) is 0 Å². The van der Waals surface area contributed by atoms with E-state index in [1.165, 1.54) is 0 Å². The van der Waals surface area contributed by atoms with E-state index in [0.29, 0.717) is 59.8 Å². The Morgan fingerprint density at radius 3 is 1.14 bits per heavy atom. The maximum absolute atomic E-state index is 14.4. The Kier molecular flexibility index (Phi) is 13.3. The highest BCUT2D eigenvalue weighted by Crippen LogP contribution is 2.37. The van der Waals surface area contributed by atoms with E-state index in [9.17, 15) is 9.59 Å². The van der Waals surface area contributed by atoms with Crippen LogP contribution in [0, 0.1) is 0 Å². The van der Waals surface area contributed by atoms with Crippen molar-refractivity contribution in [2.24, 2.45) is 0 Å². The molecule has 2 unspecified atom stereocenters. The average Bonchev–Trinajstić information content (AvgIpc) is 3.01. The fraction of sp³-hybridized carbons (Fsp3) is 0.588. The third-order valence-electron chi connectivity index (χ3n) is 8.32. The van der Waals surface area contributed by atoms with E-state index in [1.54, 1.807) is 12.1 Å². The molecule has 0 bridgehead atoms. The molecule has 3 rings (SSSR count). The van der Waals surface area contributed by atoms with Gasteiger partial charge in [0.15, 0.2) is 23.1 Å². The van der Waals surface area contributed by atoms with E-state index >= 15 is 0 Å². The first kappa shape index (κ1) is 35.6. The Labute approximate surface area is 264 Å². The number of benzene rings is 2. The smallest absolute Gasteiger partial charge is 0.196 e. The summed E-state index contributed by atoms with van der Waals surface area (Å²) in [5.41, 5.74) is 2.84. The Hall–Kier alpha value is -2.86. The molecule has 10 heteroatoms. The first-order valence-corrected chi connectivity index (χ1v) is 16.6. The van der Waals surface area contributed by atoms with Crippen LogP contribution < -0.4 is 42.5 Å². The molecule has 44 heavy (non-hydrogen) atoms. The molecule has 0 radical (unpaired) electrons.